The lowest BCUT2D eigenvalue weighted by atomic mass is 9.78. The van der Waals surface area contributed by atoms with Crippen LogP contribution < -0.4 is 10.1 Å². The van der Waals surface area contributed by atoms with Crippen molar-refractivity contribution in [1.82, 2.24) is 4.98 Å². The predicted molar refractivity (Wildman–Crippen MR) is 98.9 cm³/mol. The molecule has 2 aromatic rings. The van der Waals surface area contributed by atoms with Crippen LogP contribution in [0.4, 0.5) is 5.69 Å². The highest BCUT2D eigenvalue weighted by atomic mass is 16.5. The number of hydrogen-bond acceptors (Lipinski definition) is 4. The molecule has 5 heteroatoms. The minimum Gasteiger partial charge on any atom is -0.492 e. The van der Waals surface area contributed by atoms with Crippen LogP contribution in [0.2, 0.25) is 0 Å². The van der Waals surface area contributed by atoms with E-state index in [0.29, 0.717) is 12.5 Å². The van der Waals surface area contributed by atoms with Crippen molar-refractivity contribution < 1.29 is 14.3 Å². The zero-order valence-electron chi connectivity index (χ0n) is 15.2. The van der Waals surface area contributed by atoms with Gasteiger partial charge in [0.25, 0.3) is 5.91 Å². The molecule has 1 amide bonds. The number of rotatable bonds is 5. The van der Waals surface area contributed by atoms with E-state index in [1.807, 2.05) is 31.2 Å². The van der Waals surface area contributed by atoms with E-state index in [0.717, 1.165) is 48.0 Å². The molecule has 3 rings (SSSR count). The Labute approximate surface area is 148 Å². The van der Waals surface area contributed by atoms with Crippen molar-refractivity contribution in [1.29, 1.82) is 0 Å². The number of amides is 1. The Bertz CT molecular complexity index is 762. The number of ether oxygens (including phenoxy) is 2. The van der Waals surface area contributed by atoms with Crippen LogP contribution in [0.25, 0.3) is 10.9 Å². The van der Waals surface area contributed by atoms with E-state index in [1.54, 1.807) is 13.3 Å². The molecule has 0 saturated heterocycles. The van der Waals surface area contributed by atoms with Gasteiger partial charge in [0.2, 0.25) is 0 Å². The van der Waals surface area contributed by atoms with Gasteiger partial charge >= 0.3 is 0 Å². The quantitative estimate of drug-likeness (QED) is 0.886. The molecule has 0 radical (unpaired) electrons. The third kappa shape index (κ3) is 3.47. The lowest BCUT2D eigenvalue weighted by Crippen LogP contribution is -2.47. The molecular formula is C20H26N2O3. The lowest BCUT2D eigenvalue weighted by molar-refractivity contribution is -0.143. The number of carbonyl (C=O) groups excluding carboxylic acids is 1. The molecule has 1 aliphatic rings. The number of hydrogen-bond donors (Lipinski definition) is 1. The Hall–Kier alpha value is -2.14. The number of anilines is 1. The van der Waals surface area contributed by atoms with Gasteiger partial charge in [0.05, 0.1) is 12.3 Å². The van der Waals surface area contributed by atoms with E-state index in [1.165, 1.54) is 0 Å². The molecule has 1 fully saturated rings. The predicted octanol–water partition coefficient (Wildman–Crippen LogP) is 4.17. The van der Waals surface area contributed by atoms with Crippen molar-refractivity contribution in [3.63, 3.8) is 0 Å². The van der Waals surface area contributed by atoms with Gasteiger partial charge in [0, 0.05) is 18.7 Å². The first-order valence-corrected chi connectivity index (χ1v) is 8.97. The molecule has 0 aliphatic heterocycles. The fourth-order valence-corrected chi connectivity index (χ4v) is 3.75. The Balaban J connectivity index is 1.92. The topological polar surface area (TPSA) is 60.5 Å². The molecule has 1 saturated carbocycles. The number of methoxy groups -OCH3 is 1. The summed E-state index contributed by atoms with van der Waals surface area (Å²) in [5.74, 6) is 1.14. The van der Waals surface area contributed by atoms with Gasteiger partial charge in [0.1, 0.15) is 16.9 Å². The maximum atomic E-state index is 13.0. The van der Waals surface area contributed by atoms with E-state index >= 15 is 0 Å². The number of pyridine rings is 1. The van der Waals surface area contributed by atoms with E-state index < -0.39 is 5.60 Å². The average Bonchev–Trinajstić information content (AvgIpc) is 2.63. The molecule has 1 aliphatic carbocycles. The van der Waals surface area contributed by atoms with Gasteiger partial charge in [-0.05, 0) is 56.4 Å². The monoisotopic (exact) mass is 342 g/mol. The zero-order chi connectivity index (χ0) is 17.9. The molecule has 0 spiro atoms. The summed E-state index contributed by atoms with van der Waals surface area (Å²) in [6.45, 7) is 4.69. The second kappa shape index (κ2) is 7.40. The van der Waals surface area contributed by atoms with Gasteiger partial charge in [-0.1, -0.05) is 13.3 Å². The van der Waals surface area contributed by atoms with Crippen LogP contribution >= 0.6 is 0 Å². The van der Waals surface area contributed by atoms with Crippen molar-refractivity contribution in [3.8, 4) is 5.75 Å². The minimum atomic E-state index is -0.745. The van der Waals surface area contributed by atoms with Crippen molar-refractivity contribution in [2.24, 2.45) is 5.92 Å². The van der Waals surface area contributed by atoms with Crippen LogP contribution in [-0.4, -0.2) is 30.2 Å². The normalized spacial score (nSPS) is 23.4. The summed E-state index contributed by atoms with van der Waals surface area (Å²) in [5.41, 5.74) is 0.752. The molecular weight excluding hydrogens is 316 g/mol. The number of benzene rings is 1. The number of fused-ring (bicyclic) bond motifs is 1. The molecule has 1 heterocycles. The smallest absolute Gasteiger partial charge is 0.256 e. The molecule has 1 aromatic heterocycles. The summed E-state index contributed by atoms with van der Waals surface area (Å²) in [6, 6.07) is 7.55. The Kier molecular flexibility index (Phi) is 5.23. The Morgan fingerprint density at radius 3 is 2.96 bits per heavy atom. The van der Waals surface area contributed by atoms with Crippen LogP contribution in [0.1, 0.15) is 39.5 Å². The molecule has 2 atom stereocenters. The lowest BCUT2D eigenvalue weighted by Gasteiger charge is -2.37. The van der Waals surface area contributed by atoms with Crippen molar-refractivity contribution in [2.75, 3.05) is 19.0 Å². The SMILES string of the molecule is CCOc1ccc(NC(=O)[C@]2(OC)CCC[C@H](C)C2)c2cccnc12. The van der Waals surface area contributed by atoms with Gasteiger partial charge in [-0.3, -0.25) is 9.78 Å². The van der Waals surface area contributed by atoms with Gasteiger partial charge in [-0.25, -0.2) is 0 Å². The van der Waals surface area contributed by atoms with Crippen LogP contribution in [0, 0.1) is 5.92 Å². The van der Waals surface area contributed by atoms with Crippen LogP contribution in [0.5, 0.6) is 5.75 Å². The van der Waals surface area contributed by atoms with E-state index in [-0.39, 0.29) is 5.91 Å². The number of nitrogens with one attached hydrogen (secondary N) is 1. The summed E-state index contributed by atoms with van der Waals surface area (Å²) in [7, 11) is 1.63. The molecule has 1 aromatic carbocycles. The number of aromatic nitrogens is 1. The first kappa shape index (κ1) is 17.7. The van der Waals surface area contributed by atoms with Gasteiger partial charge in [0.15, 0.2) is 0 Å². The van der Waals surface area contributed by atoms with Gasteiger partial charge in [-0.15, -0.1) is 0 Å². The molecule has 134 valence electrons. The first-order valence-electron chi connectivity index (χ1n) is 8.97. The van der Waals surface area contributed by atoms with E-state index in [2.05, 4.69) is 17.2 Å². The molecule has 1 N–H and O–H groups in total. The largest absolute Gasteiger partial charge is 0.492 e. The van der Waals surface area contributed by atoms with Gasteiger partial charge < -0.3 is 14.8 Å². The van der Waals surface area contributed by atoms with Crippen LogP contribution in [-0.2, 0) is 9.53 Å². The Morgan fingerprint density at radius 2 is 2.24 bits per heavy atom. The highest BCUT2D eigenvalue weighted by Crippen LogP contribution is 2.37. The fraction of sp³-hybridized carbons (Fsp3) is 0.500. The van der Waals surface area contributed by atoms with E-state index in [4.69, 9.17) is 9.47 Å². The third-order valence-corrected chi connectivity index (χ3v) is 5.04. The summed E-state index contributed by atoms with van der Waals surface area (Å²) >= 11 is 0. The van der Waals surface area contributed by atoms with Gasteiger partial charge in [-0.2, -0.15) is 0 Å². The average molecular weight is 342 g/mol. The summed E-state index contributed by atoms with van der Waals surface area (Å²) < 4.78 is 11.4. The summed E-state index contributed by atoms with van der Waals surface area (Å²) in [4.78, 5) is 17.5. The molecule has 0 unspecified atom stereocenters. The molecule has 5 nitrogen and oxygen atoms in total. The highest BCUT2D eigenvalue weighted by Gasteiger charge is 2.42. The molecule has 0 bridgehead atoms. The second-order valence-corrected chi connectivity index (χ2v) is 6.80. The standard InChI is InChI=1S/C20H26N2O3/c1-4-25-17-10-9-16(15-8-6-12-21-18(15)17)22-19(23)20(24-3)11-5-7-14(2)13-20/h6,8-10,12,14H,4-5,7,11,13H2,1-3H3,(H,22,23)/t14-,20-/m0/s1. The fourth-order valence-electron chi connectivity index (χ4n) is 3.75. The van der Waals surface area contributed by atoms with Crippen LogP contribution in [0.3, 0.4) is 0 Å². The maximum Gasteiger partial charge on any atom is 0.256 e. The minimum absolute atomic E-state index is 0.0733. The van der Waals surface area contributed by atoms with Crippen molar-refractivity contribution >= 4 is 22.5 Å². The van der Waals surface area contributed by atoms with E-state index in [9.17, 15) is 4.79 Å². The second-order valence-electron chi connectivity index (χ2n) is 6.80. The maximum absolute atomic E-state index is 13.0. The molecule has 25 heavy (non-hydrogen) atoms. The zero-order valence-corrected chi connectivity index (χ0v) is 15.2. The number of nitrogens with zero attached hydrogens (tertiary/aromatic N) is 1. The Morgan fingerprint density at radius 1 is 1.40 bits per heavy atom. The number of carbonyl (C=O) groups is 1. The first-order chi connectivity index (χ1) is 12.1. The highest BCUT2D eigenvalue weighted by molar-refractivity contribution is 6.05. The van der Waals surface area contributed by atoms with Crippen LogP contribution in [0.15, 0.2) is 30.5 Å². The summed E-state index contributed by atoms with van der Waals surface area (Å²) in [5, 5.41) is 3.95. The van der Waals surface area contributed by atoms with Crippen molar-refractivity contribution in [3.05, 3.63) is 30.5 Å². The third-order valence-electron chi connectivity index (χ3n) is 5.04. The summed E-state index contributed by atoms with van der Waals surface area (Å²) in [6.07, 6.45) is 5.40. The van der Waals surface area contributed by atoms with Crippen molar-refractivity contribution in [2.45, 2.75) is 45.1 Å².